The maximum absolute atomic E-state index is 12.9. The molecule has 3 unspecified atom stereocenters. The number of carboxylic acids is 1. The number of hydrogen-bond donors (Lipinski definition) is 2. The molecule has 28 heavy (non-hydrogen) atoms. The molecule has 3 rings (SSSR count). The number of rotatable bonds is 5. The first-order valence-electron chi connectivity index (χ1n) is 9.00. The van der Waals surface area contributed by atoms with Gasteiger partial charge >= 0.3 is 5.97 Å². The summed E-state index contributed by atoms with van der Waals surface area (Å²) in [4.78, 5) is 30.3. The summed E-state index contributed by atoms with van der Waals surface area (Å²) < 4.78 is 0. The predicted molar refractivity (Wildman–Crippen MR) is 109 cm³/mol. The Bertz CT molecular complexity index is 863. The van der Waals surface area contributed by atoms with Crippen LogP contribution in [0.5, 0.6) is 0 Å². The van der Waals surface area contributed by atoms with E-state index in [4.69, 9.17) is 28.3 Å². The van der Waals surface area contributed by atoms with Gasteiger partial charge in [-0.25, -0.2) is 0 Å². The van der Waals surface area contributed by atoms with Gasteiger partial charge in [-0.2, -0.15) is 0 Å². The molecule has 148 valence electrons. The molecule has 1 saturated heterocycles. The van der Waals surface area contributed by atoms with Gasteiger partial charge < -0.3 is 15.3 Å². The maximum Gasteiger partial charge on any atom is 0.325 e. The third-order valence-corrected chi connectivity index (χ3v) is 5.90. The standard InChI is InChI=1S/C20H21Cl2N3O3/c1-12(20(27)28)24-19(26)15-7-9-25(13-4-3-8-23-10-13)11-16(15)14-5-2-6-17(21)18(14)22/h2-6,8,10,12,15-16H,7,9,11H2,1H3,(H,24,26)(H,27,28). The van der Waals surface area contributed by atoms with Crippen LogP contribution in [0.25, 0.3) is 0 Å². The zero-order chi connectivity index (χ0) is 20.3. The fraction of sp³-hybridized carbons (Fsp3) is 0.350. The minimum Gasteiger partial charge on any atom is -0.480 e. The van der Waals surface area contributed by atoms with Crippen LogP contribution in [-0.4, -0.2) is 41.1 Å². The van der Waals surface area contributed by atoms with Gasteiger partial charge in [-0.1, -0.05) is 35.3 Å². The van der Waals surface area contributed by atoms with Crippen molar-refractivity contribution in [2.75, 3.05) is 18.0 Å². The van der Waals surface area contributed by atoms with Crippen molar-refractivity contribution in [1.82, 2.24) is 10.3 Å². The highest BCUT2D eigenvalue weighted by Gasteiger charge is 2.37. The van der Waals surface area contributed by atoms with Crippen molar-refractivity contribution in [3.05, 3.63) is 58.3 Å². The molecule has 2 aromatic rings. The molecule has 8 heteroatoms. The Hall–Kier alpha value is -2.31. The second-order valence-corrected chi connectivity index (χ2v) is 7.66. The van der Waals surface area contributed by atoms with Crippen molar-refractivity contribution in [3.8, 4) is 0 Å². The van der Waals surface area contributed by atoms with Crippen molar-refractivity contribution < 1.29 is 14.7 Å². The molecule has 1 aromatic heterocycles. The number of nitrogens with one attached hydrogen (secondary N) is 1. The van der Waals surface area contributed by atoms with E-state index in [1.807, 2.05) is 18.2 Å². The number of aromatic nitrogens is 1. The average molecular weight is 422 g/mol. The van der Waals surface area contributed by atoms with Gasteiger partial charge in [0.15, 0.2) is 0 Å². The van der Waals surface area contributed by atoms with E-state index >= 15 is 0 Å². The molecule has 1 aromatic carbocycles. The lowest BCUT2D eigenvalue weighted by atomic mass is 9.79. The number of halogens is 2. The van der Waals surface area contributed by atoms with E-state index in [-0.39, 0.29) is 11.8 Å². The third kappa shape index (κ3) is 4.39. The van der Waals surface area contributed by atoms with Crippen molar-refractivity contribution in [2.45, 2.75) is 25.3 Å². The molecule has 0 saturated carbocycles. The van der Waals surface area contributed by atoms with Crippen LogP contribution < -0.4 is 10.2 Å². The normalized spacial score (nSPS) is 20.5. The van der Waals surface area contributed by atoms with E-state index in [2.05, 4.69) is 15.2 Å². The molecular formula is C20H21Cl2N3O3. The Labute approximate surface area is 173 Å². The number of amides is 1. The summed E-state index contributed by atoms with van der Waals surface area (Å²) in [6.45, 7) is 2.65. The summed E-state index contributed by atoms with van der Waals surface area (Å²) in [5.41, 5.74) is 1.74. The van der Waals surface area contributed by atoms with Crippen LogP contribution in [0, 0.1) is 5.92 Å². The van der Waals surface area contributed by atoms with Gasteiger partial charge in [0, 0.05) is 31.1 Å². The SMILES string of the molecule is CC(NC(=O)C1CCN(c2cccnc2)CC1c1cccc(Cl)c1Cl)C(=O)O. The highest BCUT2D eigenvalue weighted by Crippen LogP contribution is 2.40. The van der Waals surface area contributed by atoms with Crippen molar-refractivity contribution in [3.63, 3.8) is 0 Å². The smallest absolute Gasteiger partial charge is 0.325 e. The first kappa shape index (κ1) is 20.4. The number of carbonyl (C=O) groups excluding carboxylic acids is 1. The summed E-state index contributed by atoms with van der Waals surface area (Å²) >= 11 is 12.7. The number of anilines is 1. The number of hydrogen-bond acceptors (Lipinski definition) is 4. The summed E-state index contributed by atoms with van der Waals surface area (Å²) in [5, 5.41) is 12.6. The fourth-order valence-corrected chi connectivity index (χ4v) is 3.99. The van der Waals surface area contributed by atoms with Crippen LogP contribution >= 0.6 is 23.2 Å². The minimum absolute atomic E-state index is 0.235. The van der Waals surface area contributed by atoms with Crippen LogP contribution in [-0.2, 0) is 9.59 Å². The van der Waals surface area contributed by atoms with Gasteiger partial charge in [-0.3, -0.25) is 14.6 Å². The Morgan fingerprint density at radius 1 is 1.29 bits per heavy atom. The predicted octanol–water partition coefficient (Wildman–Crippen LogP) is 3.59. The molecule has 1 fully saturated rings. The molecule has 2 heterocycles. The highest BCUT2D eigenvalue weighted by atomic mass is 35.5. The Morgan fingerprint density at radius 3 is 2.75 bits per heavy atom. The van der Waals surface area contributed by atoms with E-state index in [9.17, 15) is 9.59 Å². The van der Waals surface area contributed by atoms with Crippen molar-refractivity contribution in [1.29, 1.82) is 0 Å². The second-order valence-electron chi connectivity index (χ2n) is 6.87. The summed E-state index contributed by atoms with van der Waals surface area (Å²) in [5.74, 6) is -2.01. The summed E-state index contributed by atoms with van der Waals surface area (Å²) in [6, 6.07) is 8.25. The first-order valence-corrected chi connectivity index (χ1v) is 9.76. The largest absolute Gasteiger partial charge is 0.480 e. The Kier molecular flexibility index (Phi) is 6.42. The maximum atomic E-state index is 12.9. The minimum atomic E-state index is -1.07. The number of nitrogens with zero attached hydrogens (tertiary/aromatic N) is 2. The Balaban J connectivity index is 1.91. The molecule has 0 aliphatic carbocycles. The van der Waals surface area contributed by atoms with Crippen molar-refractivity contribution >= 4 is 40.8 Å². The lowest BCUT2D eigenvalue weighted by Gasteiger charge is -2.39. The zero-order valence-corrected chi connectivity index (χ0v) is 16.8. The molecule has 3 atom stereocenters. The molecule has 1 aliphatic rings. The van der Waals surface area contributed by atoms with Gasteiger partial charge in [0.25, 0.3) is 0 Å². The van der Waals surface area contributed by atoms with Crippen LogP contribution in [0.3, 0.4) is 0 Å². The number of piperidine rings is 1. The zero-order valence-electron chi connectivity index (χ0n) is 15.3. The molecule has 0 spiro atoms. The van der Waals surface area contributed by atoms with Crippen LogP contribution in [0.1, 0.15) is 24.8 Å². The fourth-order valence-electron chi connectivity index (χ4n) is 3.55. The van der Waals surface area contributed by atoms with Crippen molar-refractivity contribution in [2.24, 2.45) is 5.92 Å². The average Bonchev–Trinajstić information content (AvgIpc) is 2.70. The third-order valence-electron chi connectivity index (χ3n) is 5.07. The van der Waals surface area contributed by atoms with Gasteiger partial charge in [0.1, 0.15) is 6.04 Å². The molecule has 2 N–H and O–H groups in total. The van der Waals surface area contributed by atoms with Crippen LogP contribution in [0.2, 0.25) is 10.0 Å². The first-order chi connectivity index (χ1) is 13.4. The highest BCUT2D eigenvalue weighted by molar-refractivity contribution is 6.42. The quantitative estimate of drug-likeness (QED) is 0.770. The lowest BCUT2D eigenvalue weighted by molar-refractivity contribution is -0.142. The van der Waals surface area contributed by atoms with E-state index in [0.717, 1.165) is 11.3 Å². The lowest BCUT2D eigenvalue weighted by Crippen LogP contribution is -2.48. The van der Waals surface area contributed by atoms with Gasteiger partial charge in [0.05, 0.1) is 21.9 Å². The van der Waals surface area contributed by atoms with Gasteiger partial charge in [0.2, 0.25) is 5.91 Å². The van der Waals surface area contributed by atoms with Crippen LogP contribution in [0.4, 0.5) is 5.69 Å². The molecule has 1 amide bonds. The molecule has 0 radical (unpaired) electrons. The van der Waals surface area contributed by atoms with E-state index in [1.165, 1.54) is 6.92 Å². The van der Waals surface area contributed by atoms with E-state index in [1.54, 1.807) is 24.5 Å². The van der Waals surface area contributed by atoms with Crippen LogP contribution in [0.15, 0.2) is 42.7 Å². The summed E-state index contributed by atoms with van der Waals surface area (Å²) in [7, 11) is 0. The topological polar surface area (TPSA) is 82.5 Å². The number of carbonyl (C=O) groups is 2. The second kappa shape index (κ2) is 8.80. The molecule has 6 nitrogen and oxygen atoms in total. The molecule has 1 aliphatic heterocycles. The summed E-state index contributed by atoms with van der Waals surface area (Å²) in [6.07, 6.45) is 4.05. The molecular weight excluding hydrogens is 401 g/mol. The van der Waals surface area contributed by atoms with E-state index in [0.29, 0.717) is 29.6 Å². The number of benzene rings is 1. The number of carboxylic acid groups (broad SMARTS) is 1. The van der Waals surface area contributed by atoms with Gasteiger partial charge in [-0.15, -0.1) is 0 Å². The van der Waals surface area contributed by atoms with E-state index < -0.39 is 17.9 Å². The van der Waals surface area contributed by atoms with Gasteiger partial charge in [-0.05, 0) is 37.1 Å². The Morgan fingerprint density at radius 2 is 2.07 bits per heavy atom. The number of aliphatic carboxylic acids is 1. The number of pyridine rings is 1. The molecule has 0 bridgehead atoms. The monoisotopic (exact) mass is 421 g/mol.